The van der Waals surface area contributed by atoms with E-state index in [1.165, 1.54) is 0 Å². The van der Waals surface area contributed by atoms with E-state index in [2.05, 4.69) is 10.3 Å². The minimum absolute atomic E-state index is 0.256. The van der Waals surface area contributed by atoms with Crippen LogP contribution in [0.5, 0.6) is 5.75 Å². The molecule has 0 fully saturated rings. The number of rotatable bonds is 5. The SMILES string of the molecule is CCOc1ccc(C(=O)Nc2cccc(-c3nc4cc(C)ccc4o3)c2C)cc1Cl. The van der Waals surface area contributed by atoms with E-state index >= 15 is 0 Å². The van der Waals surface area contributed by atoms with Gasteiger partial charge in [0.25, 0.3) is 5.91 Å². The van der Waals surface area contributed by atoms with E-state index in [1.807, 2.05) is 57.2 Å². The molecule has 1 aromatic heterocycles. The molecule has 0 saturated carbocycles. The van der Waals surface area contributed by atoms with Crippen molar-refractivity contribution < 1.29 is 13.9 Å². The van der Waals surface area contributed by atoms with Gasteiger partial charge in [-0.1, -0.05) is 23.7 Å². The van der Waals surface area contributed by atoms with Crippen molar-refractivity contribution in [2.75, 3.05) is 11.9 Å². The number of hydrogen-bond donors (Lipinski definition) is 1. The number of aromatic nitrogens is 1. The summed E-state index contributed by atoms with van der Waals surface area (Å²) in [5.41, 5.74) is 5.48. The number of carbonyl (C=O) groups excluding carboxylic acids is 1. The normalized spacial score (nSPS) is 10.9. The lowest BCUT2D eigenvalue weighted by molar-refractivity contribution is 0.102. The van der Waals surface area contributed by atoms with E-state index in [4.69, 9.17) is 20.8 Å². The first-order valence-corrected chi connectivity index (χ1v) is 10.0. The van der Waals surface area contributed by atoms with Gasteiger partial charge >= 0.3 is 0 Å². The predicted molar refractivity (Wildman–Crippen MR) is 119 cm³/mol. The zero-order valence-corrected chi connectivity index (χ0v) is 17.7. The summed E-state index contributed by atoms with van der Waals surface area (Å²) < 4.78 is 11.4. The fourth-order valence-corrected chi connectivity index (χ4v) is 3.50. The number of carbonyl (C=O) groups is 1. The number of aryl methyl sites for hydroxylation is 1. The van der Waals surface area contributed by atoms with Crippen LogP contribution in [0.25, 0.3) is 22.6 Å². The summed E-state index contributed by atoms with van der Waals surface area (Å²) >= 11 is 6.22. The van der Waals surface area contributed by atoms with Crippen molar-refractivity contribution in [3.63, 3.8) is 0 Å². The second-order valence-corrected chi connectivity index (χ2v) is 7.41. The highest BCUT2D eigenvalue weighted by Gasteiger charge is 2.15. The Balaban J connectivity index is 1.62. The Bertz CT molecular complexity index is 1250. The molecule has 5 nitrogen and oxygen atoms in total. The highest BCUT2D eigenvalue weighted by Crippen LogP contribution is 2.31. The second kappa shape index (κ2) is 8.20. The molecule has 0 spiro atoms. The fraction of sp³-hybridized carbons (Fsp3) is 0.167. The molecule has 4 aromatic rings. The maximum Gasteiger partial charge on any atom is 0.255 e. The lowest BCUT2D eigenvalue weighted by Gasteiger charge is -2.12. The van der Waals surface area contributed by atoms with Crippen molar-refractivity contribution in [3.8, 4) is 17.2 Å². The molecule has 152 valence electrons. The Kier molecular flexibility index (Phi) is 5.46. The van der Waals surface area contributed by atoms with Gasteiger partial charge in [0, 0.05) is 16.8 Å². The van der Waals surface area contributed by atoms with E-state index in [9.17, 15) is 4.79 Å². The largest absolute Gasteiger partial charge is 0.492 e. The Morgan fingerprint density at radius 2 is 1.97 bits per heavy atom. The van der Waals surface area contributed by atoms with Gasteiger partial charge in [-0.3, -0.25) is 4.79 Å². The van der Waals surface area contributed by atoms with Crippen LogP contribution < -0.4 is 10.1 Å². The first-order valence-electron chi connectivity index (χ1n) is 9.67. The van der Waals surface area contributed by atoms with Gasteiger partial charge in [0.2, 0.25) is 5.89 Å². The summed E-state index contributed by atoms with van der Waals surface area (Å²) in [6, 6.07) is 16.5. The summed E-state index contributed by atoms with van der Waals surface area (Å²) in [6.45, 7) is 6.33. The number of anilines is 1. The van der Waals surface area contributed by atoms with Crippen LogP contribution in [0.2, 0.25) is 5.02 Å². The molecule has 0 radical (unpaired) electrons. The van der Waals surface area contributed by atoms with Gasteiger partial charge in [-0.25, -0.2) is 4.98 Å². The van der Waals surface area contributed by atoms with Crippen LogP contribution in [0.1, 0.15) is 28.4 Å². The Labute approximate surface area is 179 Å². The second-order valence-electron chi connectivity index (χ2n) is 7.00. The molecule has 4 rings (SSSR count). The van der Waals surface area contributed by atoms with Gasteiger partial charge in [-0.05, 0) is 74.4 Å². The van der Waals surface area contributed by atoms with Gasteiger partial charge in [0.05, 0.1) is 11.6 Å². The monoisotopic (exact) mass is 420 g/mol. The minimum Gasteiger partial charge on any atom is -0.492 e. The number of oxazole rings is 1. The van der Waals surface area contributed by atoms with Gasteiger partial charge in [-0.15, -0.1) is 0 Å². The zero-order valence-electron chi connectivity index (χ0n) is 17.0. The Morgan fingerprint density at radius 3 is 2.73 bits per heavy atom. The molecule has 0 unspecified atom stereocenters. The summed E-state index contributed by atoms with van der Waals surface area (Å²) in [4.78, 5) is 17.4. The van der Waals surface area contributed by atoms with Crippen molar-refractivity contribution in [3.05, 3.63) is 76.3 Å². The third-order valence-corrected chi connectivity index (χ3v) is 5.14. The van der Waals surface area contributed by atoms with Crippen molar-refractivity contribution in [2.45, 2.75) is 20.8 Å². The number of benzene rings is 3. The predicted octanol–water partition coefficient (Wildman–Crippen LogP) is 6.42. The molecular formula is C24H21ClN2O3. The number of halogens is 1. The molecule has 1 amide bonds. The van der Waals surface area contributed by atoms with Crippen LogP contribution in [-0.2, 0) is 0 Å². The molecule has 0 aliphatic carbocycles. The fourth-order valence-electron chi connectivity index (χ4n) is 3.26. The van der Waals surface area contributed by atoms with Gasteiger partial charge < -0.3 is 14.5 Å². The van der Waals surface area contributed by atoms with Gasteiger partial charge in [0.1, 0.15) is 11.3 Å². The molecule has 0 aliphatic rings. The maximum absolute atomic E-state index is 12.8. The number of amides is 1. The van der Waals surface area contributed by atoms with Crippen LogP contribution in [-0.4, -0.2) is 17.5 Å². The lowest BCUT2D eigenvalue weighted by atomic mass is 10.1. The molecular weight excluding hydrogens is 400 g/mol. The standard InChI is InChI=1S/C24H21ClN2O3/c1-4-29-21-11-9-16(13-18(21)25)23(28)26-19-7-5-6-17(15(19)3)24-27-20-12-14(2)8-10-22(20)30-24/h5-13H,4H2,1-3H3,(H,26,28). The highest BCUT2D eigenvalue weighted by atomic mass is 35.5. The molecule has 1 N–H and O–H groups in total. The van der Waals surface area contributed by atoms with Crippen molar-refractivity contribution in [2.24, 2.45) is 0 Å². The third kappa shape index (κ3) is 3.89. The first-order chi connectivity index (χ1) is 14.5. The van der Waals surface area contributed by atoms with Crippen molar-refractivity contribution in [1.29, 1.82) is 0 Å². The molecule has 30 heavy (non-hydrogen) atoms. The van der Waals surface area contributed by atoms with Crippen LogP contribution in [0.3, 0.4) is 0 Å². The van der Waals surface area contributed by atoms with Crippen LogP contribution in [0.4, 0.5) is 5.69 Å². The van der Waals surface area contributed by atoms with E-state index in [0.29, 0.717) is 34.5 Å². The van der Waals surface area contributed by atoms with E-state index in [1.54, 1.807) is 18.2 Å². The zero-order chi connectivity index (χ0) is 21.3. The van der Waals surface area contributed by atoms with Gasteiger partial charge in [0.15, 0.2) is 5.58 Å². The minimum atomic E-state index is -0.256. The molecule has 1 heterocycles. The lowest BCUT2D eigenvalue weighted by Crippen LogP contribution is -2.13. The smallest absolute Gasteiger partial charge is 0.255 e. The third-order valence-electron chi connectivity index (χ3n) is 4.85. The maximum atomic E-state index is 12.8. The molecule has 0 saturated heterocycles. The Morgan fingerprint density at radius 1 is 1.13 bits per heavy atom. The number of nitrogens with one attached hydrogen (secondary N) is 1. The van der Waals surface area contributed by atoms with Crippen LogP contribution in [0.15, 0.2) is 59.0 Å². The first kappa shape index (κ1) is 20.0. The average molecular weight is 421 g/mol. The molecule has 3 aromatic carbocycles. The number of nitrogens with zero attached hydrogens (tertiary/aromatic N) is 1. The highest BCUT2D eigenvalue weighted by molar-refractivity contribution is 6.32. The number of ether oxygens (including phenoxy) is 1. The quantitative estimate of drug-likeness (QED) is 0.404. The summed E-state index contributed by atoms with van der Waals surface area (Å²) in [7, 11) is 0. The number of fused-ring (bicyclic) bond motifs is 1. The molecule has 0 aliphatic heterocycles. The van der Waals surface area contributed by atoms with Gasteiger partial charge in [-0.2, -0.15) is 0 Å². The number of hydrogen-bond acceptors (Lipinski definition) is 4. The molecule has 0 bridgehead atoms. The van der Waals surface area contributed by atoms with Crippen LogP contribution in [0, 0.1) is 13.8 Å². The molecule has 6 heteroatoms. The van der Waals surface area contributed by atoms with E-state index < -0.39 is 0 Å². The summed E-state index contributed by atoms with van der Waals surface area (Å²) in [5, 5.41) is 3.35. The average Bonchev–Trinajstić information content (AvgIpc) is 3.14. The topological polar surface area (TPSA) is 64.4 Å². The molecule has 0 atom stereocenters. The van der Waals surface area contributed by atoms with Crippen LogP contribution >= 0.6 is 11.6 Å². The Hall–Kier alpha value is -3.31. The summed E-state index contributed by atoms with van der Waals surface area (Å²) in [5.74, 6) is 0.821. The summed E-state index contributed by atoms with van der Waals surface area (Å²) in [6.07, 6.45) is 0. The van der Waals surface area contributed by atoms with E-state index in [0.717, 1.165) is 27.8 Å². The van der Waals surface area contributed by atoms with E-state index in [-0.39, 0.29) is 5.91 Å². The van der Waals surface area contributed by atoms with Crippen molar-refractivity contribution in [1.82, 2.24) is 4.98 Å². The van der Waals surface area contributed by atoms with Crippen molar-refractivity contribution >= 4 is 34.3 Å².